The highest BCUT2D eigenvalue weighted by Gasteiger charge is 2.22. The maximum atomic E-state index is 13.2. The van der Waals surface area contributed by atoms with Crippen LogP contribution in [0.5, 0.6) is 0 Å². The molecule has 0 radical (unpaired) electrons. The number of rotatable bonds is 6. The van der Waals surface area contributed by atoms with Gasteiger partial charge in [-0.1, -0.05) is 108 Å². The van der Waals surface area contributed by atoms with Crippen LogP contribution in [0.3, 0.4) is 0 Å². The molecule has 2 N–H and O–H groups in total. The van der Waals surface area contributed by atoms with E-state index in [-0.39, 0.29) is 11.8 Å². The summed E-state index contributed by atoms with van der Waals surface area (Å²) >= 11 is 12.6. The van der Waals surface area contributed by atoms with Gasteiger partial charge in [0.2, 0.25) is 0 Å². The summed E-state index contributed by atoms with van der Waals surface area (Å²) in [6.07, 6.45) is 0. The van der Waals surface area contributed by atoms with E-state index in [1.165, 1.54) is 0 Å². The van der Waals surface area contributed by atoms with Gasteiger partial charge in [0.1, 0.15) is 0 Å². The Morgan fingerprint density at radius 2 is 0.833 bits per heavy atom. The summed E-state index contributed by atoms with van der Waals surface area (Å²) in [6.45, 7) is 0. The number of aliphatic imine (C=N–C) groups is 2. The molecule has 0 unspecified atom stereocenters. The maximum absolute atomic E-state index is 13.2. The Bertz CT molecular complexity index is 2090. The number of carbonyl (C=O) groups is 2. The van der Waals surface area contributed by atoms with E-state index in [2.05, 4.69) is 10.6 Å². The van der Waals surface area contributed by atoms with Crippen LogP contribution in [0.1, 0.15) is 43.0 Å². The standard InChI is InChI=1S/C40H26Cl2N4O2/c41-33-17-9-7-15-29(33)39(47)43-27-19-21-35-31(23-27)37(25-11-3-1-4-12-25)45-36-22-20-28(44-40(48)30-16-8-10-18-34(30)42)24-32(36)38(46-35)26-13-5-2-6-14-26/h1-24H,(H,43,47)(H,44,48). The fourth-order valence-corrected chi connectivity index (χ4v) is 5.93. The molecule has 1 aliphatic rings. The van der Waals surface area contributed by atoms with Crippen LogP contribution in [0.25, 0.3) is 0 Å². The minimum atomic E-state index is -0.324. The van der Waals surface area contributed by atoms with E-state index >= 15 is 0 Å². The number of amides is 2. The lowest BCUT2D eigenvalue weighted by Gasteiger charge is -2.20. The van der Waals surface area contributed by atoms with Crippen molar-refractivity contribution in [2.24, 2.45) is 9.98 Å². The zero-order valence-electron chi connectivity index (χ0n) is 25.3. The zero-order chi connectivity index (χ0) is 33.0. The summed E-state index contributed by atoms with van der Waals surface area (Å²) in [7, 11) is 0. The van der Waals surface area contributed by atoms with Crippen LogP contribution in [-0.2, 0) is 0 Å². The lowest BCUT2D eigenvalue weighted by Crippen LogP contribution is -2.15. The second kappa shape index (κ2) is 13.5. The highest BCUT2D eigenvalue weighted by atomic mass is 35.5. The van der Waals surface area contributed by atoms with E-state index in [0.29, 0.717) is 55.3 Å². The third-order valence-electron chi connectivity index (χ3n) is 7.82. The molecular formula is C40H26Cl2N4O2. The largest absolute Gasteiger partial charge is 0.322 e. The van der Waals surface area contributed by atoms with Gasteiger partial charge in [0.15, 0.2) is 0 Å². The average molecular weight is 666 g/mol. The SMILES string of the molecule is O=C(Nc1ccc2c(c1)C(c1ccccc1)=Nc1ccc(NC(=O)c3ccccc3Cl)cc1C(c1ccccc1)=N2)c1ccccc1Cl. The molecule has 0 aromatic heterocycles. The molecule has 0 bridgehead atoms. The molecular weight excluding hydrogens is 639 g/mol. The van der Waals surface area contributed by atoms with E-state index in [1.54, 1.807) is 48.5 Å². The number of nitrogens with zero attached hydrogens (tertiary/aromatic N) is 2. The smallest absolute Gasteiger partial charge is 0.257 e. The number of nitrogens with one attached hydrogen (secondary N) is 2. The van der Waals surface area contributed by atoms with Gasteiger partial charge in [0, 0.05) is 33.6 Å². The van der Waals surface area contributed by atoms with E-state index in [1.807, 2.05) is 97.1 Å². The van der Waals surface area contributed by atoms with Gasteiger partial charge < -0.3 is 10.6 Å². The van der Waals surface area contributed by atoms with E-state index < -0.39 is 0 Å². The van der Waals surface area contributed by atoms with Gasteiger partial charge in [0.05, 0.1) is 44.0 Å². The zero-order valence-corrected chi connectivity index (χ0v) is 26.8. The van der Waals surface area contributed by atoms with Crippen LogP contribution in [0.2, 0.25) is 10.0 Å². The van der Waals surface area contributed by atoms with Crippen LogP contribution in [-0.4, -0.2) is 23.2 Å². The molecule has 0 saturated heterocycles. The summed E-state index contributed by atoms with van der Waals surface area (Å²) in [4.78, 5) is 36.9. The molecule has 6 aromatic carbocycles. The molecule has 7 rings (SSSR count). The third-order valence-corrected chi connectivity index (χ3v) is 8.47. The number of carbonyl (C=O) groups excluding carboxylic acids is 2. The van der Waals surface area contributed by atoms with Crippen molar-refractivity contribution in [3.8, 4) is 0 Å². The molecule has 1 aliphatic heterocycles. The molecule has 0 saturated carbocycles. The second-order valence-corrected chi connectivity index (χ2v) is 11.8. The molecule has 2 amide bonds. The predicted octanol–water partition coefficient (Wildman–Crippen LogP) is 10.1. The van der Waals surface area contributed by atoms with Crippen molar-refractivity contribution in [2.75, 3.05) is 10.6 Å². The number of anilines is 2. The van der Waals surface area contributed by atoms with Gasteiger partial charge >= 0.3 is 0 Å². The number of halogens is 2. The van der Waals surface area contributed by atoms with Crippen LogP contribution in [0, 0.1) is 0 Å². The molecule has 48 heavy (non-hydrogen) atoms. The summed E-state index contributed by atoms with van der Waals surface area (Å²) in [5, 5.41) is 6.70. The molecule has 0 aliphatic carbocycles. The van der Waals surface area contributed by atoms with Crippen LogP contribution < -0.4 is 10.6 Å². The molecule has 232 valence electrons. The predicted molar refractivity (Wildman–Crippen MR) is 195 cm³/mol. The van der Waals surface area contributed by atoms with Gasteiger partial charge in [-0.15, -0.1) is 0 Å². The van der Waals surface area contributed by atoms with Gasteiger partial charge in [-0.25, -0.2) is 9.98 Å². The van der Waals surface area contributed by atoms with E-state index in [9.17, 15) is 9.59 Å². The number of fused-ring (bicyclic) bond motifs is 2. The lowest BCUT2D eigenvalue weighted by atomic mass is 9.95. The topological polar surface area (TPSA) is 82.9 Å². The first-order chi connectivity index (χ1) is 23.4. The maximum Gasteiger partial charge on any atom is 0.257 e. The van der Waals surface area contributed by atoms with E-state index in [4.69, 9.17) is 33.2 Å². The van der Waals surface area contributed by atoms with Crippen LogP contribution in [0.4, 0.5) is 22.7 Å². The minimum absolute atomic E-state index is 0.324. The summed E-state index contributed by atoms with van der Waals surface area (Å²) in [5.41, 5.74) is 7.73. The Kier molecular flexibility index (Phi) is 8.67. The first-order valence-corrected chi connectivity index (χ1v) is 15.9. The van der Waals surface area contributed by atoms with Crippen molar-refractivity contribution in [2.45, 2.75) is 0 Å². The van der Waals surface area contributed by atoms with Crippen molar-refractivity contribution in [3.63, 3.8) is 0 Å². The highest BCUT2D eigenvalue weighted by Crippen LogP contribution is 2.36. The van der Waals surface area contributed by atoms with Crippen molar-refractivity contribution in [1.29, 1.82) is 0 Å². The first-order valence-electron chi connectivity index (χ1n) is 15.1. The van der Waals surface area contributed by atoms with Crippen LogP contribution in [0.15, 0.2) is 156 Å². The van der Waals surface area contributed by atoms with Gasteiger partial charge in [-0.05, 0) is 60.7 Å². The minimum Gasteiger partial charge on any atom is -0.322 e. The van der Waals surface area contributed by atoms with Crippen molar-refractivity contribution in [1.82, 2.24) is 0 Å². The second-order valence-electron chi connectivity index (χ2n) is 11.0. The van der Waals surface area contributed by atoms with Gasteiger partial charge in [-0.2, -0.15) is 0 Å². The molecule has 0 spiro atoms. The lowest BCUT2D eigenvalue weighted by molar-refractivity contribution is 0.101. The molecule has 6 aromatic rings. The van der Waals surface area contributed by atoms with Gasteiger partial charge in [0.25, 0.3) is 11.8 Å². The average Bonchev–Trinajstić information content (AvgIpc) is 3.11. The van der Waals surface area contributed by atoms with E-state index in [0.717, 1.165) is 22.3 Å². The normalized spacial score (nSPS) is 12.0. The first kappa shape index (κ1) is 30.8. The molecule has 0 atom stereocenters. The number of hydrogen-bond donors (Lipinski definition) is 2. The monoisotopic (exact) mass is 664 g/mol. The van der Waals surface area contributed by atoms with Gasteiger partial charge in [-0.3, -0.25) is 9.59 Å². The Morgan fingerprint density at radius 1 is 0.458 bits per heavy atom. The molecule has 0 fully saturated rings. The highest BCUT2D eigenvalue weighted by molar-refractivity contribution is 6.35. The Hall–Kier alpha value is -5.82. The quantitative estimate of drug-likeness (QED) is 0.185. The summed E-state index contributed by atoms with van der Waals surface area (Å²) in [5.74, 6) is -0.649. The fourth-order valence-electron chi connectivity index (χ4n) is 5.48. The van der Waals surface area contributed by atoms with Crippen molar-refractivity contribution >= 4 is 69.2 Å². The number of hydrogen-bond acceptors (Lipinski definition) is 4. The third kappa shape index (κ3) is 6.40. The Balaban J connectivity index is 1.38. The molecule has 8 heteroatoms. The summed E-state index contributed by atoms with van der Waals surface area (Å²) in [6, 6.07) is 44.6. The number of benzene rings is 6. The Labute approximate surface area is 287 Å². The van der Waals surface area contributed by atoms with Crippen LogP contribution >= 0.6 is 23.2 Å². The molecule has 6 nitrogen and oxygen atoms in total. The summed E-state index contributed by atoms with van der Waals surface area (Å²) < 4.78 is 0. The Morgan fingerprint density at radius 3 is 1.23 bits per heavy atom. The fraction of sp³-hybridized carbons (Fsp3) is 0. The molecule has 1 heterocycles. The van der Waals surface area contributed by atoms with Crippen molar-refractivity contribution in [3.05, 3.63) is 189 Å². The van der Waals surface area contributed by atoms with Crippen molar-refractivity contribution < 1.29 is 9.59 Å².